The summed E-state index contributed by atoms with van der Waals surface area (Å²) < 4.78 is 37.7. The third-order valence-corrected chi connectivity index (χ3v) is 6.35. The third-order valence-electron chi connectivity index (χ3n) is 5.10. The highest BCUT2D eigenvalue weighted by molar-refractivity contribution is 7.89. The summed E-state index contributed by atoms with van der Waals surface area (Å²) in [6, 6.07) is 8.07. The summed E-state index contributed by atoms with van der Waals surface area (Å²) in [5.74, 6) is -0.452. The van der Waals surface area contributed by atoms with E-state index >= 15 is 0 Å². The first-order valence-corrected chi connectivity index (χ1v) is 10.7. The van der Waals surface area contributed by atoms with Crippen LogP contribution in [0.4, 0.5) is 15.8 Å². The fraction of sp³-hybridized carbons (Fsp3) is 0.333. The van der Waals surface area contributed by atoms with E-state index < -0.39 is 20.8 Å². The van der Waals surface area contributed by atoms with Crippen LogP contribution in [0.1, 0.15) is 18.0 Å². The number of sulfonamides is 1. The molecule has 0 radical (unpaired) electrons. The molecule has 2 aromatic rings. The van der Waals surface area contributed by atoms with Gasteiger partial charge >= 0.3 is 0 Å². The molecular formula is C18H20ClFN4O4S. The van der Waals surface area contributed by atoms with Crippen LogP contribution in [0.5, 0.6) is 0 Å². The lowest BCUT2D eigenvalue weighted by molar-refractivity contribution is -0.385. The van der Waals surface area contributed by atoms with Crippen LogP contribution in [0.3, 0.4) is 0 Å². The normalized spacial score (nSPS) is 20.0. The molecule has 2 unspecified atom stereocenters. The molecule has 1 heterocycles. The maximum atomic E-state index is 13.9. The number of primary sulfonamides is 1. The number of nitrogens with one attached hydrogen (secondary N) is 1. The Balaban J connectivity index is 1.85. The van der Waals surface area contributed by atoms with E-state index in [1.54, 1.807) is 6.07 Å². The van der Waals surface area contributed by atoms with E-state index in [-0.39, 0.29) is 33.3 Å². The van der Waals surface area contributed by atoms with Crippen LogP contribution in [0.25, 0.3) is 0 Å². The van der Waals surface area contributed by atoms with Crippen LogP contribution in [-0.2, 0) is 10.0 Å². The molecule has 0 saturated carbocycles. The van der Waals surface area contributed by atoms with E-state index in [4.69, 9.17) is 16.7 Å². The fourth-order valence-electron chi connectivity index (χ4n) is 3.71. The van der Waals surface area contributed by atoms with E-state index in [2.05, 4.69) is 10.2 Å². The molecule has 3 N–H and O–H groups in total. The molecule has 156 valence electrons. The van der Waals surface area contributed by atoms with Crippen molar-refractivity contribution in [3.8, 4) is 0 Å². The molecule has 1 aliphatic rings. The smallest absolute Gasteiger partial charge is 0.270 e. The highest BCUT2D eigenvalue weighted by Crippen LogP contribution is 2.37. The first kappa shape index (κ1) is 21.4. The molecular weight excluding hydrogens is 423 g/mol. The van der Waals surface area contributed by atoms with Crippen molar-refractivity contribution < 1.29 is 17.7 Å². The summed E-state index contributed by atoms with van der Waals surface area (Å²) in [7, 11) is -2.23. The van der Waals surface area contributed by atoms with E-state index in [1.807, 2.05) is 7.05 Å². The standard InChI is InChI=1S/C18H20ClFN4O4S/c1-23-7-6-12(18(23)11-2-4-14(19)15(20)8-11)10-22-16-5-3-13(24(25)26)9-17(16)29(21,27)28/h2-5,8-9,12,18,22H,6-7,10H2,1H3,(H2,21,27,28). The maximum Gasteiger partial charge on any atom is 0.270 e. The number of hydrogen-bond acceptors (Lipinski definition) is 6. The average molecular weight is 443 g/mol. The Morgan fingerprint density at radius 3 is 2.69 bits per heavy atom. The summed E-state index contributed by atoms with van der Waals surface area (Å²) in [6.45, 7) is 1.16. The Labute approximate surface area is 172 Å². The van der Waals surface area contributed by atoms with Gasteiger partial charge in [0.15, 0.2) is 0 Å². The summed E-state index contributed by atoms with van der Waals surface area (Å²) in [5.41, 5.74) is 0.595. The number of nitrogens with two attached hydrogens (primary N) is 1. The van der Waals surface area contributed by atoms with Crippen molar-refractivity contribution in [2.24, 2.45) is 11.1 Å². The second-order valence-corrected chi connectivity index (χ2v) is 8.95. The Hall–Kier alpha value is -2.27. The average Bonchev–Trinajstić information content (AvgIpc) is 3.02. The third kappa shape index (κ3) is 4.67. The number of benzene rings is 2. The molecule has 8 nitrogen and oxygen atoms in total. The first-order chi connectivity index (χ1) is 13.6. The highest BCUT2D eigenvalue weighted by Gasteiger charge is 2.33. The number of likely N-dealkylation sites (tertiary alicyclic amines) is 1. The molecule has 2 atom stereocenters. The highest BCUT2D eigenvalue weighted by atomic mass is 35.5. The number of rotatable bonds is 6. The van der Waals surface area contributed by atoms with Gasteiger partial charge in [-0.1, -0.05) is 17.7 Å². The molecule has 2 aromatic carbocycles. The fourth-order valence-corrected chi connectivity index (χ4v) is 4.56. The number of anilines is 1. The molecule has 1 saturated heterocycles. The SMILES string of the molecule is CN1CCC(CNc2ccc([N+](=O)[O-])cc2S(N)(=O)=O)C1c1ccc(Cl)c(F)c1. The number of non-ortho nitro benzene ring substituents is 1. The lowest BCUT2D eigenvalue weighted by Crippen LogP contribution is -2.25. The van der Waals surface area contributed by atoms with Gasteiger partial charge in [0.1, 0.15) is 10.7 Å². The largest absolute Gasteiger partial charge is 0.384 e. The number of nitro benzene ring substituents is 1. The van der Waals surface area contributed by atoms with Gasteiger partial charge in [-0.2, -0.15) is 0 Å². The zero-order valence-electron chi connectivity index (χ0n) is 15.5. The van der Waals surface area contributed by atoms with Gasteiger partial charge in [0, 0.05) is 24.7 Å². The van der Waals surface area contributed by atoms with Crippen LogP contribution in [0.2, 0.25) is 5.02 Å². The van der Waals surface area contributed by atoms with E-state index in [1.165, 1.54) is 24.3 Å². The van der Waals surface area contributed by atoms with Crippen LogP contribution >= 0.6 is 11.6 Å². The van der Waals surface area contributed by atoms with Crippen molar-refractivity contribution in [3.05, 3.63) is 62.9 Å². The number of hydrogen-bond donors (Lipinski definition) is 2. The van der Waals surface area contributed by atoms with Gasteiger partial charge in [0.05, 0.1) is 15.6 Å². The Morgan fingerprint density at radius 2 is 2.07 bits per heavy atom. The Kier molecular flexibility index (Phi) is 6.08. The number of nitro groups is 1. The molecule has 29 heavy (non-hydrogen) atoms. The monoisotopic (exact) mass is 442 g/mol. The molecule has 0 aromatic heterocycles. The van der Waals surface area contributed by atoms with Gasteiger partial charge in [-0.15, -0.1) is 0 Å². The Bertz CT molecular complexity index is 1050. The molecule has 1 aliphatic heterocycles. The van der Waals surface area contributed by atoms with Crippen molar-refractivity contribution in [2.75, 3.05) is 25.5 Å². The summed E-state index contributed by atoms with van der Waals surface area (Å²) in [6.07, 6.45) is 0.802. The lowest BCUT2D eigenvalue weighted by Gasteiger charge is -2.26. The van der Waals surface area contributed by atoms with Crippen LogP contribution in [-0.4, -0.2) is 38.4 Å². The minimum atomic E-state index is -4.16. The lowest BCUT2D eigenvalue weighted by atomic mass is 9.93. The van der Waals surface area contributed by atoms with E-state index in [0.717, 1.165) is 24.6 Å². The second-order valence-electron chi connectivity index (χ2n) is 7.01. The zero-order chi connectivity index (χ0) is 21.3. The van der Waals surface area contributed by atoms with Crippen molar-refractivity contribution in [1.82, 2.24) is 4.90 Å². The van der Waals surface area contributed by atoms with Gasteiger partial charge in [-0.25, -0.2) is 17.9 Å². The molecule has 0 spiro atoms. The molecule has 0 aliphatic carbocycles. The van der Waals surface area contributed by atoms with Crippen molar-refractivity contribution in [3.63, 3.8) is 0 Å². The number of nitrogens with zero attached hydrogens (tertiary/aromatic N) is 2. The maximum absolute atomic E-state index is 13.9. The van der Waals surface area contributed by atoms with Crippen molar-refractivity contribution >= 4 is 33.0 Å². The minimum absolute atomic E-state index is 0.0455. The van der Waals surface area contributed by atoms with E-state index in [9.17, 15) is 22.9 Å². The van der Waals surface area contributed by atoms with Gasteiger partial charge in [0.2, 0.25) is 10.0 Å². The predicted octanol–water partition coefficient (Wildman–Crippen LogP) is 3.14. The minimum Gasteiger partial charge on any atom is -0.384 e. The van der Waals surface area contributed by atoms with Crippen LogP contribution in [0.15, 0.2) is 41.3 Å². The quantitative estimate of drug-likeness (QED) is 0.524. The topological polar surface area (TPSA) is 119 Å². The van der Waals surface area contributed by atoms with Crippen LogP contribution < -0.4 is 10.5 Å². The molecule has 0 bridgehead atoms. The predicted molar refractivity (Wildman–Crippen MR) is 108 cm³/mol. The summed E-state index contributed by atoms with van der Waals surface area (Å²) in [5, 5.41) is 19.3. The molecule has 1 fully saturated rings. The van der Waals surface area contributed by atoms with Gasteiger partial charge < -0.3 is 5.32 Å². The summed E-state index contributed by atoms with van der Waals surface area (Å²) in [4.78, 5) is 12.0. The van der Waals surface area contributed by atoms with Gasteiger partial charge in [-0.05, 0) is 49.7 Å². The zero-order valence-corrected chi connectivity index (χ0v) is 17.1. The van der Waals surface area contributed by atoms with Gasteiger partial charge in [-0.3, -0.25) is 15.0 Å². The Morgan fingerprint density at radius 1 is 1.34 bits per heavy atom. The number of halogens is 2. The van der Waals surface area contributed by atoms with Crippen LogP contribution in [0, 0.1) is 21.8 Å². The van der Waals surface area contributed by atoms with Crippen molar-refractivity contribution in [1.29, 1.82) is 0 Å². The molecule has 0 amide bonds. The first-order valence-electron chi connectivity index (χ1n) is 8.78. The molecule has 11 heteroatoms. The molecule has 3 rings (SSSR count). The van der Waals surface area contributed by atoms with Gasteiger partial charge in [0.25, 0.3) is 5.69 Å². The second kappa shape index (κ2) is 8.23. The van der Waals surface area contributed by atoms with Crippen molar-refractivity contribution in [2.45, 2.75) is 17.4 Å². The summed E-state index contributed by atoms with van der Waals surface area (Å²) >= 11 is 5.78. The van der Waals surface area contributed by atoms with E-state index in [0.29, 0.717) is 6.54 Å².